The molecule has 0 bridgehead atoms. The highest BCUT2D eigenvalue weighted by Crippen LogP contribution is 2.31. The summed E-state index contributed by atoms with van der Waals surface area (Å²) in [4.78, 5) is 17.3. The smallest absolute Gasteiger partial charge is 0.328 e. The number of hydrogen-bond acceptors (Lipinski definition) is 4. The number of aliphatic carboxylic acids is 1. The third-order valence-corrected chi connectivity index (χ3v) is 4.04. The number of aromatic nitrogens is 1. The molecule has 1 aromatic heterocycles. The minimum atomic E-state index is -0.945. The number of carbonyl (C=O) groups is 1. The average molecular weight is 287 g/mol. The fourth-order valence-corrected chi connectivity index (χ4v) is 2.75. The van der Waals surface area contributed by atoms with Crippen LogP contribution in [0, 0.1) is 5.92 Å². The van der Waals surface area contributed by atoms with E-state index in [1.807, 2.05) is 12.1 Å². The summed E-state index contributed by atoms with van der Waals surface area (Å²) in [6.45, 7) is 3.52. The number of carboxylic acid groups (broad SMARTS) is 1. The molecule has 0 aromatic carbocycles. The quantitative estimate of drug-likeness (QED) is 0.784. The molecule has 5 nitrogen and oxygen atoms in total. The van der Waals surface area contributed by atoms with Gasteiger partial charge in [0.2, 0.25) is 0 Å². The molecule has 3 rings (SSSR count). The number of anilines is 1. The fraction of sp³-hybridized carbons (Fsp3) is 0.500. The standard InChI is InChI=1S/C16H21N3O2/c20-16(21)6-4-12-3-5-15(17-9-12)18-14-7-8-19(11-14)10-13-1-2-13/h3-6,9,13-14H,1-2,7-8,10-11H2,(H,17,18)(H,20,21)/t14-/m1/s1. The highest BCUT2D eigenvalue weighted by atomic mass is 16.4. The Morgan fingerprint density at radius 1 is 1.43 bits per heavy atom. The molecule has 1 saturated heterocycles. The predicted molar refractivity (Wildman–Crippen MR) is 82.1 cm³/mol. The summed E-state index contributed by atoms with van der Waals surface area (Å²) in [5.41, 5.74) is 0.796. The van der Waals surface area contributed by atoms with Gasteiger partial charge in [-0.25, -0.2) is 9.78 Å². The van der Waals surface area contributed by atoms with E-state index < -0.39 is 5.97 Å². The molecule has 112 valence electrons. The Kier molecular flexibility index (Phi) is 4.20. The molecule has 1 aliphatic carbocycles. The lowest BCUT2D eigenvalue weighted by molar-refractivity contribution is -0.131. The molecule has 2 N–H and O–H groups in total. The largest absolute Gasteiger partial charge is 0.478 e. The number of nitrogens with zero attached hydrogens (tertiary/aromatic N) is 2. The van der Waals surface area contributed by atoms with Crippen molar-refractivity contribution >= 4 is 17.9 Å². The summed E-state index contributed by atoms with van der Waals surface area (Å²) < 4.78 is 0. The molecule has 21 heavy (non-hydrogen) atoms. The van der Waals surface area contributed by atoms with E-state index in [-0.39, 0.29) is 0 Å². The van der Waals surface area contributed by atoms with Crippen LogP contribution in [-0.4, -0.2) is 46.6 Å². The van der Waals surface area contributed by atoms with Crippen LogP contribution in [-0.2, 0) is 4.79 Å². The number of pyridine rings is 1. The van der Waals surface area contributed by atoms with E-state index >= 15 is 0 Å². The normalized spacial score (nSPS) is 22.8. The Morgan fingerprint density at radius 2 is 2.29 bits per heavy atom. The molecule has 2 heterocycles. The average Bonchev–Trinajstić information content (AvgIpc) is 3.17. The Balaban J connectivity index is 1.49. The van der Waals surface area contributed by atoms with Gasteiger partial charge in [-0.15, -0.1) is 0 Å². The van der Waals surface area contributed by atoms with Crippen LogP contribution in [0.3, 0.4) is 0 Å². The highest BCUT2D eigenvalue weighted by molar-refractivity contribution is 5.85. The maximum absolute atomic E-state index is 10.5. The summed E-state index contributed by atoms with van der Waals surface area (Å²) in [5.74, 6) is 0.863. The lowest BCUT2D eigenvalue weighted by Crippen LogP contribution is -2.28. The molecular weight excluding hydrogens is 266 g/mol. The maximum atomic E-state index is 10.5. The predicted octanol–water partition coefficient (Wildman–Crippen LogP) is 2.08. The lowest BCUT2D eigenvalue weighted by atomic mass is 10.2. The minimum absolute atomic E-state index is 0.469. The summed E-state index contributed by atoms with van der Waals surface area (Å²) in [5, 5.41) is 12.0. The first kappa shape index (κ1) is 14.1. The monoisotopic (exact) mass is 287 g/mol. The summed E-state index contributed by atoms with van der Waals surface area (Å²) in [6.07, 6.45) is 8.33. The van der Waals surface area contributed by atoms with Gasteiger partial charge in [0.1, 0.15) is 5.82 Å². The van der Waals surface area contributed by atoms with Gasteiger partial charge in [-0.05, 0) is 49.0 Å². The number of hydrogen-bond donors (Lipinski definition) is 2. The molecule has 5 heteroatoms. The number of rotatable bonds is 6. The van der Waals surface area contributed by atoms with Gasteiger partial charge in [0.25, 0.3) is 0 Å². The van der Waals surface area contributed by atoms with E-state index in [0.717, 1.165) is 36.3 Å². The summed E-state index contributed by atoms with van der Waals surface area (Å²) in [7, 11) is 0. The third kappa shape index (κ3) is 4.29. The van der Waals surface area contributed by atoms with Gasteiger partial charge in [-0.3, -0.25) is 0 Å². The Morgan fingerprint density at radius 3 is 2.95 bits per heavy atom. The fourth-order valence-electron chi connectivity index (χ4n) is 2.75. The molecule has 0 spiro atoms. The molecule has 1 atom stereocenters. The van der Waals surface area contributed by atoms with Crippen molar-refractivity contribution in [3.8, 4) is 0 Å². The zero-order valence-corrected chi connectivity index (χ0v) is 12.0. The minimum Gasteiger partial charge on any atom is -0.478 e. The van der Waals surface area contributed by atoms with Crippen molar-refractivity contribution in [1.82, 2.24) is 9.88 Å². The van der Waals surface area contributed by atoms with Crippen LogP contribution in [0.15, 0.2) is 24.4 Å². The van der Waals surface area contributed by atoms with Crippen LogP contribution in [0.25, 0.3) is 6.08 Å². The van der Waals surface area contributed by atoms with Crippen LogP contribution in [0.4, 0.5) is 5.82 Å². The number of nitrogens with one attached hydrogen (secondary N) is 1. The third-order valence-electron chi connectivity index (χ3n) is 4.04. The van der Waals surface area contributed by atoms with Gasteiger partial charge >= 0.3 is 5.97 Å². The van der Waals surface area contributed by atoms with Gasteiger partial charge in [0.05, 0.1) is 0 Å². The molecule has 0 unspecified atom stereocenters. The summed E-state index contributed by atoms with van der Waals surface area (Å²) in [6, 6.07) is 4.26. The SMILES string of the molecule is O=C(O)C=Cc1ccc(N[C@@H]2CCN(CC3CC3)C2)nc1. The van der Waals surface area contributed by atoms with E-state index in [2.05, 4.69) is 15.2 Å². The first-order valence-corrected chi connectivity index (χ1v) is 7.55. The van der Waals surface area contributed by atoms with Crippen LogP contribution < -0.4 is 5.32 Å². The number of carboxylic acids is 1. The van der Waals surface area contributed by atoms with E-state index in [0.29, 0.717) is 6.04 Å². The molecule has 2 fully saturated rings. The molecule has 2 aliphatic rings. The van der Waals surface area contributed by atoms with Crippen LogP contribution >= 0.6 is 0 Å². The van der Waals surface area contributed by atoms with E-state index in [4.69, 9.17) is 5.11 Å². The van der Waals surface area contributed by atoms with E-state index in [1.165, 1.54) is 25.9 Å². The zero-order valence-electron chi connectivity index (χ0n) is 12.0. The molecular formula is C16H21N3O2. The van der Waals surface area contributed by atoms with Crippen LogP contribution in [0.1, 0.15) is 24.8 Å². The topological polar surface area (TPSA) is 65.5 Å². The van der Waals surface area contributed by atoms with Crippen molar-refractivity contribution in [3.63, 3.8) is 0 Å². The first-order valence-electron chi connectivity index (χ1n) is 7.55. The van der Waals surface area contributed by atoms with Crippen molar-refractivity contribution in [2.45, 2.75) is 25.3 Å². The van der Waals surface area contributed by atoms with Crippen LogP contribution in [0.5, 0.6) is 0 Å². The van der Waals surface area contributed by atoms with E-state index in [9.17, 15) is 4.79 Å². The summed E-state index contributed by atoms with van der Waals surface area (Å²) >= 11 is 0. The maximum Gasteiger partial charge on any atom is 0.328 e. The second-order valence-corrected chi connectivity index (χ2v) is 5.98. The Bertz CT molecular complexity index is 523. The van der Waals surface area contributed by atoms with Gasteiger partial charge in [-0.1, -0.05) is 0 Å². The van der Waals surface area contributed by atoms with Crippen molar-refractivity contribution < 1.29 is 9.90 Å². The molecule has 0 radical (unpaired) electrons. The van der Waals surface area contributed by atoms with Gasteiger partial charge in [0, 0.05) is 37.9 Å². The van der Waals surface area contributed by atoms with Crippen molar-refractivity contribution in [3.05, 3.63) is 30.0 Å². The highest BCUT2D eigenvalue weighted by Gasteiger charge is 2.29. The molecule has 0 amide bonds. The van der Waals surface area contributed by atoms with Gasteiger partial charge in [0.15, 0.2) is 0 Å². The zero-order chi connectivity index (χ0) is 14.7. The molecule has 1 saturated carbocycles. The second kappa shape index (κ2) is 6.26. The van der Waals surface area contributed by atoms with Crippen molar-refractivity contribution in [2.24, 2.45) is 5.92 Å². The van der Waals surface area contributed by atoms with E-state index in [1.54, 1.807) is 12.3 Å². The lowest BCUT2D eigenvalue weighted by Gasteiger charge is -2.16. The number of likely N-dealkylation sites (tertiary alicyclic amines) is 1. The molecule has 1 aliphatic heterocycles. The second-order valence-electron chi connectivity index (χ2n) is 5.98. The first-order chi connectivity index (χ1) is 10.2. The van der Waals surface area contributed by atoms with Crippen molar-refractivity contribution in [2.75, 3.05) is 25.0 Å². The Hall–Kier alpha value is -1.88. The van der Waals surface area contributed by atoms with Gasteiger partial charge < -0.3 is 15.3 Å². The van der Waals surface area contributed by atoms with Crippen molar-refractivity contribution in [1.29, 1.82) is 0 Å². The Labute approximate surface area is 124 Å². The van der Waals surface area contributed by atoms with Crippen LogP contribution in [0.2, 0.25) is 0 Å². The molecule has 1 aromatic rings. The van der Waals surface area contributed by atoms with Gasteiger partial charge in [-0.2, -0.15) is 0 Å².